The molecule has 158 valence electrons. The first-order valence-electron chi connectivity index (χ1n) is 10.3. The first kappa shape index (κ1) is 20.3. The SMILES string of the molecule is CCC(=O)N1C[C@@H](c2cccnc2)[C@]2(C1)OCCN(Cc1ccc(OC)cc1)C2=O. The highest BCUT2D eigenvalue weighted by Gasteiger charge is 2.57. The van der Waals surface area contributed by atoms with Gasteiger partial charge >= 0.3 is 0 Å². The lowest BCUT2D eigenvalue weighted by Gasteiger charge is -2.42. The van der Waals surface area contributed by atoms with Crippen molar-refractivity contribution < 1.29 is 19.1 Å². The molecular weight excluding hydrogens is 382 g/mol. The number of likely N-dealkylation sites (tertiary alicyclic amines) is 1. The minimum absolute atomic E-state index is 0.0319. The third kappa shape index (κ3) is 3.65. The average molecular weight is 409 g/mol. The van der Waals surface area contributed by atoms with Gasteiger partial charge in [-0.25, -0.2) is 0 Å². The monoisotopic (exact) mass is 409 g/mol. The van der Waals surface area contributed by atoms with Crippen molar-refractivity contribution in [3.8, 4) is 5.75 Å². The van der Waals surface area contributed by atoms with E-state index in [0.717, 1.165) is 16.9 Å². The van der Waals surface area contributed by atoms with Gasteiger partial charge in [-0.15, -0.1) is 0 Å². The van der Waals surface area contributed by atoms with Crippen molar-refractivity contribution in [3.63, 3.8) is 0 Å². The van der Waals surface area contributed by atoms with Crippen LogP contribution in [0.1, 0.15) is 30.4 Å². The molecule has 0 radical (unpaired) electrons. The summed E-state index contributed by atoms with van der Waals surface area (Å²) in [5, 5.41) is 0. The van der Waals surface area contributed by atoms with Gasteiger partial charge in [0.2, 0.25) is 5.91 Å². The van der Waals surface area contributed by atoms with Crippen LogP contribution >= 0.6 is 0 Å². The summed E-state index contributed by atoms with van der Waals surface area (Å²) in [5.74, 6) is 0.506. The number of carbonyl (C=O) groups excluding carboxylic acids is 2. The molecule has 2 aliphatic rings. The maximum atomic E-state index is 13.7. The zero-order chi connectivity index (χ0) is 21.1. The second-order valence-corrected chi connectivity index (χ2v) is 7.78. The van der Waals surface area contributed by atoms with E-state index in [9.17, 15) is 9.59 Å². The van der Waals surface area contributed by atoms with Gasteiger partial charge in [-0.3, -0.25) is 14.6 Å². The number of benzene rings is 1. The zero-order valence-corrected chi connectivity index (χ0v) is 17.4. The molecule has 30 heavy (non-hydrogen) atoms. The first-order chi connectivity index (χ1) is 14.6. The summed E-state index contributed by atoms with van der Waals surface area (Å²) >= 11 is 0. The smallest absolute Gasteiger partial charge is 0.257 e. The van der Waals surface area contributed by atoms with Gasteiger partial charge in [0.25, 0.3) is 5.91 Å². The van der Waals surface area contributed by atoms with Crippen LogP contribution in [0, 0.1) is 0 Å². The van der Waals surface area contributed by atoms with Crippen molar-refractivity contribution in [2.75, 3.05) is 33.4 Å². The normalized spacial score (nSPS) is 23.8. The Hall–Kier alpha value is -2.93. The van der Waals surface area contributed by atoms with E-state index >= 15 is 0 Å². The highest BCUT2D eigenvalue weighted by Crippen LogP contribution is 2.42. The van der Waals surface area contributed by atoms with Crippen LogP contribution < -0.4 is 4.74 Å². The number of hydrogen-bond donors (Lipinski definition) is 0. The van der Waals surface area contributed by atoms with Gasteiger partial charge in [0.15, 0.2) is 5.60 Å². The molecule has 2 fully saturated rings. The van der Waals surface area contributed by atoms with Crippen LogP contribution in [0.25, 0.3) is 0 Å². The summed E-state index contributed by atoms with van der Waals surface area (Å²) in [4.78, 5) is 34.0. The minimum atomic E-state index is -1.07. The summed E-state index contributed by atoms with van der Waals surface area (Å²) in [6.07, 6.45) is 3.88. The molecule has 0 bridgehead atoms. The lowest BCUT2D eigenvalue weighted by atomic mass is 9.83. The molecule has 2 saturated heterocycles. The molecule has 2 amide bonds. The number of morpholine rings is 1. The van der Waals surface area contributed by atoms with Crippen molar-refractivity contribution in [1.82, 2.24) is 14.8 Å². The fraction of sp³-hybridized carbons (Fsp3) is 0.435. The molecule has 0 N–H and O–H groups in total. The number of aromatic nitrogens is 1. The zero-order valence-electron chi connectivity index (χ0n) is 17.4. The quantitative estimate of drug-likeness (QED) is 0.757. The summed E-state index contributed by atoms with van der Waals surface area (Å²) in [5.41, 5.74) is 0.876. The molecule has 3 heterocycles. The Morgan fingerprint density at radius 1 is 1.30 bits per heavy atom. The summed E-state index contributed by atoms with van der Waals surface area (Å²) in [7, 11) is 1.63. The van der Waals surface area contributed by atoms with Crippen LogP contribution in [0.5, 0.6) is 5.75 Å². The van der Waals surface area contributed by atoms with E-state index in [4.69, 9.17) is 9.47 Å². The highest BCUT2D eigenvalue weighted by atomic mass is 16.5. The minimum Gasteiger partial charge on any atom is -0.497 e. The van der Waals surface area contributed by atoms with Crippen molar-refractivity contribution in [2.24, 2.45) is 0 Å². The number of rotatable bonds is 5. The van der Waals surface area contributed by atoms with Gasteiger partial charge in [-0.05, 0) is 29.3 Å². The fourth-order valence-electron chi connectivity index (χ4n) is 4.43. The number of amides is 2. The van der Waals surface area contributed by atoms with E-state index in [1.165, 1.54) is 0 Å². The molecule has 1 aromatic carbocycles. The molecule has 0 aliphatic carbocycles. The van der Waals surface area contributed by atoms with E-state index in [1.54, 1.807) is 24.4 Å². The van der Waals surface area contributed by atoms with Crippen molar-refractivity contribution in [2.45, 2.75) is 31.4 Å². The highest BCUT2D eigenvalue weighted by molar-refractivity contribution is 5.90. The van der Waals surface area contributed by atoms with Crippen molar-refractivity contribution in [3.05, 3.63) is 59.9 Å². The van der Waals surface area contributed by atoms with Crippen LogP contribution in [-0.4, -0.2) is 65.6 Å². The van der Waals surface area contributed by atoms with Gasteiger partial charge < -0.3 is 19.3 Å². The number of methoxy groups -OCH3 is 1. The molecule has 0 saturated carbocycles. The predicted octanol–water partition coefficient (Wildman–Crippen LogP) is 2.22. The summed E-state index contributed by atoms with van der Waals surface area (Å²) in [6.45, 7) is 4.03. The molecule has 0 unspecified atom stereocenters. The Labute approximate surface area is 176 Å². The summed E-state index contributed by atoms with van der Waals surface area (Å²) in [6, 6.07) is 11.5. The Morgan fingerprint density at radius 2 is 2.10 bits per heavy atom. The van der Waals surface area contributed by atoms with Gasteiger partial charge in [0, 0.05) is 44.4 Å². The van der Waals surface area contributed by atoms with E-state index in [2.05, 4.69) is 4.98 Å². The molecule has 1 spiro atoms. The van der Waals surface area contributed by atoms with Crippen molar-refractivity contribution in [1.29, 1.82) is 0 Å². The maximum Gasteiger partial charge on any atom is 0.257 e. The van der Waals surface area contributed by atoms with E-state index < -0.39 is 5.60 Å². The molecule has 2 aliphatic heterocycles. The second kappa shape index (κ2) is 8.44. The Balaban J connectivity index is 1.63. The number of nitrogens with zero attached hydrogens (tertiary/aromatic N) is 3. The molecule has 4 rings (SSSR count). The number of pyridine rings is 1. The maximum absolute atomic E-state index is 13.7. The van der Waals surface area contributed by atoms with Gasteiger partial charge in [0.05, 0.1) is 20.3 Å². The van der Waals surface area contributed by atoms with Crippen molar-refractivity contribution >= 4 is 11.8 Å². The van der Waals surface area contributed by atoms with E-state index in [-0.39, 0.29) is 24.3 Å². The average Bonchev–Trinajstić information content (AvgIpc) is 3.18. The molecule has 1 aromatic heterocycles. The fourth-order valence-corrected chi connectivity index (χ4v) is 4.43. The number of hydrogen-bond acceptors (Lipinski definition) is 5. The van der Waals surface area contributed by atoms with Gasteiger partial charge in [-0.2, -0.15) is 0 Å². The molecule has 7 nitrogen and oxygen atoms in total. The third-order valence-electron chi connectivity index (χ3n) is 6.04. The standard InChI is InChI=1S/C23H27N3O4/c1-3-21(27)26-15-20(18-5-4-10-24-13-18)23(16-26)22(28)25(11-12-30-23)14-17-6-8-19(29-2)9-7-17/h4-10,13,20H,3,11-12,14-16H2,1-2H3/t20-,23-/m0/s1. The van der Waals surface area contributed by atoms with E-state index in [1.807, 2.05) is 48.2 Å². The largest absolute Gasteiger partial charge is 0.497 e. The van der Waals surface area contributed by atoms with Gasteiger partial charge in [0.1, 0.15) is 5.75 Å². The number of carbonyl (C=O) groups is 2. The first-order valence-corrected chi connectivity index (χ1v) is 10.3. The number of ether oxygens (including phenoxy) is 2. The van der Waals surface area contributed by atoms with Crippen LogP contribution in [0.4, 0.5) is 0 Å². The molecule has 2 aromatic rings. The Kier molecular flexibility index (Phi) is 5.72. The van der Waals surface area contributed by atoms with Crippen LogP contribution in [0.2, 0.25) is 0 Å². The lowest BCUT2D eigenvalue weighted by molar-refractivity contribution is -0.173. The van der Waals surface area contributed by atoms with Crippen LogP contribution in [0.15, 0.2) is 48.8 Å². The Morgan fingerprint density at radius 3 is 2.77 bits per heavy atom. The third-order valence-corrected chi connectivity index (χ3v) is 6.04. The predicted molar refractivity (Wildman–Crippen MR) is 111 cm³/mol. The molecular formula is C23H27N3O4. The van der Waals surface area contributed by atoms with Crippen LogP contribution in [0.3, 0.4) is 0 Å². The Bertz CT molecular complexity index is 902. The van der Waals surface area contributed by atoms with Gasteiger partial charge in [-0.1, -0.05) is 25.1 Å². The van der Waals surface area contributed by atoms with Crippen LogP contribution in [-0.2, 0) is 20.9 Å². The lowest BCUT2D eigenvalue weighted by Crippen LogP contribution is -2.60. The topological polar surface area (TPSA) is 72.0 Å². The second-order valence-electron chi connectivity index (χ2n) is 7.78. The molecule has 7 heteroatoms. The summed E-state index contributed by atoms with van der Waals surface area (Å²) < 4.78 is 11.4. The van der Waals surface area contributed by atoms with E-state index in [0.29, 0.717) is 32.7 Å². The molecule has 2 atom stereocenters.